The fourth-order valence-corrected chi connectivity index (χ4v) is 7.16. The molecule has 2 N–H and O–H groups in total. The van der Waals surface area contributed by atoms with Gasteiger partial charge in [-0.15, -0.1) is 16.9 Å². The van der Waals surface area contributed by atoms with Gasteiger partial charge in [0.15, 0.2) is 5.82 Å². The van der Waals surface area contributed by atoms with Crippen LogP contribution >= 0.6 is 11.8 Å². The Bertz CT molecular complexity index is 1290. The second kappa shape index (κ2) is 7.82. The highest BCUT2D eigenvalue weighted by atomic mass is 32.2. The van der Waals surface area contributed by atoms with Crippen LogP contribution in [0.5, 0.6) is 0 Å². The normalized spacial score (nSPS) is 27.1. The molecule has 1 aromatic heterocycles. The van der Waals surface area contributed by atoms with Crippen molar-refractivity contribution in [2.24, 2.45) is 10.2 Å². The first-order chi connectivity index (χ1) is 15.2. The number of benzene rings is 1. The van der Waals surface area contributed by atoms with Crippen molar-refractivity contribution < 1.29 is 8.42 Å². The van der Waals surface area contributed by atoms with E-state index in [1.807, 2.05) is 24.8 Å². The largest absolute Gasteiger partial charge is 0.335 e. The van der Waals surface area contributed by atoms with Crippen LogP contribution in [0.1, 0.15) is 40.0 Å². The van der Waals surface area contributed by atoms with E-state index >= 15 is 0 Å². The molecule has 1 aliphatic carbocycles. The fourth-order valence-electron chi connectivity index (χ4n) is 4.30. The first kappa shape index (κ1) is 21.9. The first-order valence-corrected chi connectivity index (χ1v) is 13.4. The maximum Gasteiger partial charge on any atom is 0.335 e. The average molecular weight is 477 g/mol. The number of aromatic nitrogens is 2. The third-order valence-corrected chi connectivity index (χ3v) is 9.43. The number of azo groups is 1. The standard InChI is InChI=1S/C21H28N6O3S2/c1-13-18(31-14(2)23-13)12-26-16-7-6-15(32(29,30)25-21(3)8-9-21)11-17(16)27(20(26)28)19-5-4-10-22-24-19/h5-7,11,13-14,18,23,25H,4,8-10,12H2,1-3H3. The number of thioether (sulfide) groups is 1. The molecule has 2 fully saturated rings. The molecular weight excluding hydrogens is 448 g/mol. The van der Waals surface area contributed by atoms with Crippen LogP contribution < -0.4 is 15.7 Å². The van der Waals surface area contributed by atoms with Gasteiger partial charge in [0.05, 0.1) is 27.8 Å². The quantitative estimate of drug-likeness (QED) is 0.666. The van der Waals surface area contributed by atoms with Gasteiger partial charge in [-0.3, -0.25) is 4.57 Å². The number of hydrogen-bond acceptors (Lipinski definition) is 7. The zero-order valence-corrected chi connectivity index (χ0v) is 20.0. The Morgan fingerprint density at radius 2 is 2.06 bits per heavy atom. The Morgan fingerprint density at radius 1 is 1.28 bits per heavy atom. The average Bonchev–Trinajstić information content (AvgIpc) is 3.27. The maximum absolute atomic E-state index is 13.6. The van der Waals surface area contributed by atoms with Crippen molar-refractivity contribution in [1.29, 1.82) is 0 Å². The summed E-state index contributed by atoms with van der Waals surface area (Å²) in [5, 5.41) is 12.3. The van der Waals surface area contributed by atoms with Gasteiger partial charge in [0.1, 0.15) is 0 Å². The molecule has 3 heterocycles. The van der Waals surface area contributed by atoms with Gasteiger partial charge in [-0.05, 0) is 64.3 Å². The Kier molecular flexibility index (Phi) is 5.35. The highest BCUT2D eigenvalue weighted by Gasteiger charge is 2.41. The summed E-state index contributed by atoms with van der Waals surface area (Å²) in [4.78, 5) is 13.7. The van der Waals surface area contributed by atoms with Crippen molar-refractivity contribution in [3.8, 4) is 0 Å². The van der Waals surface area contributed by atoms with Gasteiger partial charge < -0.3 is 5.32 Å². The third kappa shape index (κ3) is 3.95. The third-order valence-electron chi connectivity index (χ3n) is 6.35. The molecule has 0 radical (unpaired) electrons. The molecule has 5 rings (SSSR count). The van der Waals surface area contributed by atoms with Gasteiger partial charge in [0.25, 0.3) is 0 Å². The minimum absolute atomic E-state index is 0.149. The van der Waals surface area contributed by atoms with E-state index in [1.165, 1.54) is 4.57 Å². The molecule has 1 saturated heterocycles. The molecule has 3 unspecified atom stereocenters. The van der Waals surface area contributed by atoms with Gasteiger partial charge in [0, 0.05) is 23.4 Å². The summed E-state index contributed by atoms with van der Waals surface area (Å²) in [5.74, 6) is 0.445. The molecule has 1 saturated carbocycles. The topological polar surface area (TPSA) is 110 Å². The summed E-state index contributed by atoms with van der Waals surface area (Å²) in [6.45, 7) is 7.25. The van der Waals surface area contributed by atoms with E-state index in [0.29, 0.717) is 41.7 Å². The second-order valence-electron chi connectivity index (χ2n) is 9.13. The number of sulfonamides is 1. The van der Waals surface area contributed by atoms with Crippen LogP contribution in [0.3, 0.4) is 0 Å². The lowest BCUT2D eigenvalue weighted by Crippen LogP contribution is -2.34. The van der Waals surface area contributed by atoms with Gasteiger partial charge >= 0.3 is 5.69 Å². The summed E-state index contributed by atoms with van der Waals surface area (Å²) in [5.41, 5.74) is 0.623. The maximum atomic E-state index is 13.6. The SMILES string of the molecule is CC1NC(C)C(Cn2c(=O)n(C3=CCCN=N3)c3cc(S(=O)(=O)NC4(C)CC4)ccc32)S1. The number of imidazole rings is 1. The van der Waals surface area contributed by atoms with Crippen molar-refractivity contribution in [3.05, 3.63) is 34.8 Å². The summed E-state index contributed by atoms with van der Waals surface area (Å²) in [6.07, 6.45) is 4.21. The molecule has 0 spiro atoms. The molecule has 172 valence electrons. The van der Waals surface area contributed by atoms with Crippen molar-refractivity contribution >= 4 is 38.6 Å². The van der Waals surface area contributed by atoms with Crippen molar-refractivity contribution in [2.75, 3.05) is 6.54 Å². The Balaban J connectivity index is 1.63. The summed E-state index contributed by atoms with van der Waals surface area (Å²) in [7, 11) is -3.70. The van der Waals surface area contributed by atoms with Crippen LogP contribution in [0.2, 0.25) is 0 Å². The number of nitrogens with one attached hydrogen (secondary N) is 2. The lowest BCUT2D eigenvalue weighted by atomic mass is 10.2. The predicted octanol–water partition coefficient (Wildman–Crippen LogP) is 2.73. The molecule has 1 aromatic carbocycles. The summed E-state index contributed by atoms with van der Waals surface area (Å²) in [6, 6.07) is 5.16. The number of hydrogen-bond donors (Lipinski definition) is 2. The zero-order chi connectivity index (χ0) is 22.7. The molecule has 11 heteroatoms. The molecule has 32 heavy (non-hydrogen) atoms. The lowest BCUT2D eigenvalue weighted by molar-refractivity contribution is 0.519. The fraction of sp³-hybridized carbons (Fsp3) is 0.571. The van der Waals surface area contributed by atoms with E-state index in [0.717, 1.165) is 12.8 Å². The minimum atomic E-state index is -3.70. The van der Waals surface area contributed by atoms with E-state index in [9.17, 15) is 13.2 Å². The number of rotatable bonds is 6. The van der Waals surface area contributed by atoms with Crippen molar-refractivity contribution in [2.45, 2.75) is 73.7 Å². The lowest BCUT2D eigenvalue weighted by Gasteiger charge is -2.15. The molecule has 3 atom stereocenters. The van der Waals surface area contributed by atoms with Gasteiger partial charge in [-0.25, -0.2) is 22.5 Å². The van der Waals surface area contributed by atoms with Gasteiger partial charge in [-0.2, -0.15) is 5.11 Å². The second-order valence-corrected chi connectivity index (χ2v) is 12.4. The van der Waals surface area contributed by atoms with Crippen LogP contribution in [-0.4, -0.2) is 46.3 Å². The smallest absolute Gasteiger partial charge is 0.302 e. The van der Waals surface area contributed by atoms with Gasteiger partial charge in [0.2, 0.25) is 10.0 Å². The number of nitrogens with zero attached hydrogens (tertiary/aromatic N) is 4. The molecule has 2 aromatic rings. The minimum Gasteiger partial charge on any atom is -0.302 e. The molecule has 0 amide bonds. The zero-order valence-electron chi connectivity index (χ0n) is 18.4. The van der Waals surface area contributed by atoms with Crippen LogP contribution in [0.4, 0.5) is 0 Å². The van der Waals surface area contributed by atoms with Crippen LogP contribution in [0.25, 0.3) is 16.9 Å². The Hall–Kier alpha value is -1.95. The highest BCUT2D eigenvalue weighted by molar-refractivity contribution is 8.00. The summed E-state index contributed by atoms with van der Waals surface area (Å²) >= 11 is 1.81. The Morgan fingerprint density at radius 3 is 2.69 bits per heavy atom. The Labute approximate surface area is 191 Å². The summed E-state index contributed by atoms with van der Waals surface area (Å²) < 4.78 is 32.0. The highest BCUT2D eigenvalue weighted by Crippen LogP contribution is 2.36. The molecule has 3 aliphatic rings. The van der Waals surface area contributed by atoms with E-state index in [4.69, 9.17) is 0 Å². The van der Waals surface area contributed by atoms with Crippen molar-refractivity contribution in [3.63, 3.8) is 0 Å². The van der Waals surface area contributed by atoms with Crippen LogP contribution in [-0.2, 0) is 16.6 Å². The van der Waals surface area contributed by atoms with E-state index in [1.54, 1.807) is 22.8 Å². The van der Waals surface area contributed by atoms with E-state index < -0.39 is 10.0 Å². The van der Waals surface area contributed by atoms with E-state index in [-0.39, 0.29) is 27.4 Å². The first-order valence-electron chi connectivity index (χ1n) is 11.0. The molecule has 9 nitrogen and oxygen atoms in total. The van der Waals surface area contributed by atoms with Gasteiger partial charge in [-0.1, -0.05) is 0 Å². The van der Waals surface area contributed by atoms with Crippen LogP contribution in [0, 0.1) is 0 Å². The van der Waals surface area contributed by atoms with Crippen molar-refractivity contribution in [1.82, 2.24) is 19.2 Å². The molecule has 0 bridgehead atoms. The molecule has 2 aliphatic heterocycles. The monoisotopic (exact) mass is 476 g/mol. The van der Waals surface area contributed by atoms with E-state index in [2.05, 4.69) is 34.1 Å². The van der Waals surface area contributed by atoms with Crippen LogP contribution in [0.15, 0.2) is 44.2 Å². The number of fused-ring (bicyclic) bond motifs is 1. The molecular formula is C21H28N6O3S2. The predicted molar refractivity (Wildman–Crippen MR) is 126 cm³/mol.